The lowest BCUT2D eigenvalue weighted by molar-refractivity contribution is 0.0241. The highest BCUT2D eigenvalue weighted by Gasteiger charge is 2.41. The van der Waals surface area contributed by atoms with Crippen molar-refractivity contribution in [1.82, 2.24) is 9.80 Å². The molecule has 0 radical (unpaired) electrons. The van der Waals surface area contributed by atoms with Gasteiger partial charge in [-0.3, -0.25) is 9.59 Å². The normalized spacial score (nSPS) is 18.0. The number of carbonyl (C=O) groups is 2. The van der Waals surface area contributed by atoms with Crippen LogP contribution < -0.4 is 0 Å². The van der Waals surface area contributed by atoms with E-state index in [2.05, 4.69) is 32.9 Å². The largest absolute Gasteiger partial charge is 0.395 e. The van der Waals surface area contributed by atoms with E-state index in [-0.39, 0.29) is 30.1 Å². The number of hydrogen-bond donors (Lipinski definition) is 2. The summed E-state index contributed by atoms with van der Waals surface area (Å²) in [5, 5.41) is 21.4. The average molecular weight is 669 g/mol. The summed E-state index contributed by atoms with van der Waals surface area (Å²) in [5.74, 6) is -0.103. The highest BCUT2D eigenvalue weighted by Crippen LogP contribution is 2.39. The summed E-state index contributed by atoms with van der Waals surface area (Å²) in [6.07, 6.45) is 7.46. The van der Waals surface area contributed by atoms with Crippen molar-refractivity contribution >= 4 is 11.8 Å². The molecular weight excluding hydrogens is 612 g/mol. The van der Waals surface area contributed by atoms with E-state index in [0.29, 0.717) is 50.1 Å². The number of nitrogens with zero attached hydrogens (tertiary/aromatic N) is 2. The van der Waals surface area contributed by atoms with Crippen molar-refractivity contribution in [3.05, 3.63) is 106 Å². The maximum Gasteiger partial charge on any atom is 0.254 e. The van der Waals surface area contributed by atoms with Crippen LogP contribution in [0.3, 0.4) is 0 Å². The van der Waals surface area contributed by atoms with E-state index < -0.39 is 11.6 Å². The van der Waals surface area contributed by atoms with Gasteiger partial charge in [-0.2, -0.15) is 0 Å². The molecule has 1 saturated heterocycles. The van der Waals surface area contributed by atoms with Gasteiger partial charge in [0.15, 0.2) is 0 Å². The van der Waals surface area contributed by atoms with Crippen molar-refractivity contribution in [3.63, 3.8) is 0 Å². The Morgan fingerprint density at radius 1 is 0.939 bits per heavy atom. The van der Waals surface area contributed by atoms with Gasteiger partial charge < -0.3 is 24.7 Å². The van der Waals surface area contributed by atoms with Gasteiger partial charge in [0.25, 0.3) is 11.8 Å². The molecule has 2 unspecified atom stereocenters. The van der Waals surface area contributed by atoms with E-state index in [9.17, 15) is 19.8 Å². The fourth-order valence-corrected chi connectivity index (χ4v) is 8.04. The van der Waals surface area contributed by atoms with E-state index in [0.717, 1.165) is 67.2 Å². The molecule has 7 nitrogen and oxygen atoms in total. The third kappa shape index (κ3) is 8.45. The van der Waals surface area contributed by atoms with E-state index in [1.807, 2.05) is 77.4 Å². The molecule has 2 fully saturated rings. The van der Waals surface area contributed by atoms with E-state index in [1.165, 1.54) is 0 Å². The monoisotopic (exact) mass is 668 g/mol. The first-order valence-corrected chi connectivity index (χ1v) is 18.4. The molecule has 0 spiro atoms. The highest BCUT2D eigenvalue weighted by atomic mass is 16.5. The van der Waals surface area contributed by atoms with Crippen molar-refractivity contribution in [2.45, 2.75) is 115 Å². The Labute approximate surface area is 293 Å². The molecule has 2 aliphatic rings. The Morgan fingerprint density at radius 3 is 2.33 bits per heavy atom. The van der Waals surface area contributed by atoms with Crippen molar-refractivity contribution in [3.8, 4) is 0 Å². The Kier molecular flexibility index (Phi) is 12.3. The maximum atomic E-state index is 14.6. The minimum atomic E-state index is -0.712. The van der Waals surface area contributed by atoms with E-state index in [1.54, 1.807) is 0 Å². The number of aryl methyl sites for hydroxylation is 2. The van der Waals surface area contributed by atoms with Crippen molar-refractivity contribution in [2.24, 2.45) is 0 Å². The van der Waals surface area contributed by atoms with Gasteiger partial charge in [0.1, 0.15) is 0 Å². The first kappa shape index (κ1) is 36.8. The zero-order chi connectivity index (χ0) is 35.0. The van der Waals surface area contributed by atoms with Gasteiger partial charge in [0, 0.05) is 36.4 Å². The molecule has 3 aromatic carbocycles. The number of amides is 2. The predicted molar refractivity (Wildman–Crippen MR) is 195 cm³/mol. The molecule has 2 N–H and O–H groups in total. The molecule has 2 atom stereocenters. The smallest absolute Gasteiger partial charge is 0.254 e. The Hall–Kier alpha value is -3.52. The third-order valence-electron chi connectivity index (χ3n) is 11.1. The number of benzene rings is 3. The van der Waals surface area contributed by atoms with Gasteiger partial charge in [0.05, 0.1) is 24.4 Å². The first-order chi connectivity index (χ1) is 23.6. The number of carbonyl (C=O) groups excluding carboxylic acids is 2. The molecular formula is C42H56N2O5. The number of rotatable bonds is 15. The molecule has 2 amide bonds. The fraction of sp³-hybridized carbons (Fsp3) is 0.524. The molecule has 0 aromatic heterocycles. The van der Waals surface area contributed by atoms with Crippen molar-refractivity contribution in [2.75, 3.05) is 26.3 Å². The van der Waals surface area contributed by atoms with Crippen LogP contribution in [-0.2, 0) is 23.1 Å². The molecule has 264 valence electrons. The number of β-amino-alcohol motifs (C(OH)–C–C–N with tert-alkyl or cyclic N) is 1. The van der Waals surface area contributed by atoms with Crippen LogP contribution in [0.5, 0.6) is 0 Å². The molecule has 3 aromatic rings. The van der Waals surface area contributed by atoms with E-state index in [4.69, 9.17) is 4.74 Å². The Balaban J connectivity index is 1.35. The standard InChI is InChI=1S/C42H56N2O5/c1-5-42(23-11-12-24-42)43(25-26-45)39(47)37-18-10-9-14-32(37)21-22-35(46)29-33-20-19-31(2)28-38(33)40(48)44(30-36-17-13-27-49-36)41(3,4)34-15-7-6-8-16-34/h6-10,14-16,18-20,28,35-36,45-46H,5,11-13,17,21-27,29-30H2,1-4H3. The molecule has 1 heterocycles. The topological polar surface area (TPSA) is 90.3 Å². The van der Waals surface area contributed by atoms with Gasteiger partial charge in [-0.1, -0.05) is 86.0 Å². The summed E-state index contributed by atoms with van der Waals surface area (Å²) in [6, 6.07) is 23.7. The lowest BCUT2D eigenvalue weighted by atomic mass is 9.89. The summed E-state index contributed by atoms with van der Waals surface area (Å²) in [6.45, 7) is 9.77. The second kappa shape index (κ2) is 16.5. The highest BCUT2D eigenvalue weighted by molar-refractivity contribution is 5.97. The van der Waals surface area contributed by atoms with Crippen LogP contribution in [0.2, 0.25) is 0 Å². The lowest BCUT2D eigenvalue weighted by Gasteiger charge is -2.41. The van der Waals surface area contributed by atoms with Crippen LogP contribution in [0.15, 0.2) is 72.8 Å². The molecule has 5 rings (SSSR count). The summed E-state index contributed by atoms with van der Waals surface area (Å²) >= 11 is 0. The summed E-state index contributed by atoms with van der Waals surface area (Å²) in [7, 11) is 0. The number of aliphatic hydroxyl groups is 2. The van der Waals surface area contributed by atoms with Crippen molar-refractivity contribution < 1.29 is 24.5 Å². The van der Waals surface area contributed by atoms with Gasteiger partial charge in [-0.25, -0.2) is 0 Å². The summed E-state index contributed by atoms with van der Waals surface area (Å²) in [5.41, 5.74) is 4.20. The minimum Gasteiger partial charge on any atom is -0.395 e. The van der Waals surface area contributed by atoms with E-state index >= 15 is 0 Å². The Bertz CT molecular complexity index is 1540. The lowest BCUT2D eigenvalue weighted by Crippen LogP contribution is -2.51. The zero-order valence-electron chi connectivity index (χ0n) is 30.0. The van der Waals surface area contributed by atoms with Crippen LogP contribution in [0.4, 0.5) is 0 Å². The van der Waals surface area contributed by atoms with Crippen LogP contribution >= 0.6 is 0 Å². The zero-order valence-corrected chi connectivity index (χ0v) is 30.0. The van der Waals surface area contributed by atoms with Gasteiger partial charge in [-0.15, -0.1) is 0 Å². The van der Waals surface area contributed by atoms with Gasteiger partial charge in [-0.05, 0) is 101 Å². The molecule has 1 aliphatic carbocycles. The third-order valence-corrected chi connectivity index (χ3v) is 11.1. The van der Waals surface area contributed by atoms with Crippen LogP contribution in [-0.4, -0.2) is 75.9 Å². The number of ether oxygens (including phenoxy) is 1. The van der Waals surface area contributed by atoms with Gasteiger partial charge in [0.2, 0.25) is 0 Å². The van der Waals surface area contributed by atoms with Crippen LogP contribution in [0.1, 0.15) is 115 Å². The summed E-state index contributed by atoms with van der Waals surface area (Å²) < 4.78 is 6.02. The van der Waals surface area contributed by atoms with Gasteiger partial charge >= 0.3 is 0 Å². The second-order valence-electron chi connectivity index (χ2n) is 14.7. The average Bonchev–Trinajstić information content (AvgIpc) is 3.83. The number of aliphatic hydroxyl groups excluding tert-OH is 2. The predicted octanol–water partition coefficient (Wildman–Crippen LogP) is 7.25. The molecule has 1 saturated carbocycles. The summed E-state index contributed by atoms with van der Waals surface area (Å²) in [4.78, 5) is 32.5. The molecule has 1 aliphatic heterocycles. The minimum absolute atomic E-state index is 0.0113. The molecule has 7 heteroatoms. The quantitative estimate of drug-likeness (QED) is 0.178. The first-order valence-electron chi connectivity index (χ1n) is 18.4. The SMILES string of the molecule is CCC1(N(CCO)C(=O)c2ccccc2CCC(O)Cc2ccc(C)cc2C(=O)N(CC2CCCO2)C(C)(C)c2ccccc2)CCCC1. The maximum absolute atomic E-state index is 14.6. The molecule has 0 bridgehead atoms. The fourth-order valence-electron chi connectivity index (χ4n) is 8.04. The molecule has 49 heavy (non-hydrogen) atoms. The van der Waals surface area contributed by atoms with Crippen molar-refractivity contribution in [1.29, 1.82) is 0 Å². The van der Waals surface area contributed by atoms with Crippen LogP contribution in [0, 0.1) is 6.92 Å². The second-order valence-corrected chi connectivity index (χ2v) is 14.7. The Morgan fingerprint density at radius 2 is 1.65 bits per heavy atom. The number of hydrogen-bond acceptors (Lipinski definition) is 5. The van der Waals surface area contributed by atoms with Crippen LogP contribution in [0.25, 0.3) is 0 Å².